The predicted octanol–water partition coefficient (Wildman–Crippen LogP) is 4.03. The maximum absolute atomic E-state index is 14.8. The van der Waals surface area contributed by atoms with Crippen molar-refractivity contribution >= 4 is 41.3 Å². The summed E-state index contributed by atoms with van der Waals surface area (Å²) in [6, 6.07) is 7.61. The van der Waals surface area contributed by atoms with Gasteiger partial charge in [-0.3, -0.25) is 20.8 Å². The van der Waals surface area contributed by atoms with Gasteiger partial charge in [0.25, 0.3) is 5.95 Å². The van der Waals surface area contributed by atoms with Gasteiger partial charge in [-0.2, -0.15) is 27.5 Å². The number of aliphatic hydroxyl groups is 2. The van der Waals surface area contributed by atoms with Gasteiger partial charge >= 0.3 is 18.0 Å². The second-order valence-electron chi connectivity index (χ2n) is 9.06. The van der Waals surface area contributed by atoms with E-state index >= 15 is 0 Å². The van der Waals surface area contributed by atoms with Crippen LogP contribution in [0.2, 0.25) is 0 Å². The van der Waals surface area contributed by atoms with Crippen LogP contribution >= 0.6 is 0 Å². The van der Waals surface area contributed by atoms with Crippen molar-refractivity contribution in [3.63, 3.8) is 0 Å². The average Bonchev–Trinajstić information content (AvgIpc) is 3.72. The van der Waals surface area contributed by atoms with E-state index in [2.05, 4.69) is 51.6 Å². The molecule has 0 bridgehead atoms. The third kappa shape index (κ3) is 7.52. The van der Waals surface area contributed by atoms with E-state index in [9.17, 15) is 31.9 Å². The van der Waals surface area contributed by atoms with Gasteiger partial charge in [-0.1, -0.05) is 0 Å². The molecule has 0 saturated heterocycles. The summed E-state index contributed by atoms with van der Waals surface area (Å²) in [7, 11) is 0. The number of urea groups is 2. The summed E-state index contributed by atoms with van der Waals surface area (Å²) in [5, 5.41) is 47.2. The molecule has 5 aromatic rings. The zero-order chi connectivity index (χ0) is 34.5. The summed E-state index contributed by atoms with van der Waals surface area (Å²) >= 11 is 0. The van der Waals surface area contributed by atoms with Crippen LogP contribution in [0.3, 0.4) is 0 Å². The van der Waals surface area contributed by atoms with Crippen molar-refractivity contribution in [2.24, 2.45) is 0 Å². The quantitative estimate of drug-likeness (QED) is 0.0578. The Hall–Kier alpha value is -6.81. The Morgan fingerprint density at radius 2 is 1.06 bits per heavy atom. The van der Waals surface area contributed by atoms with Gasteiger partial charge in [-0.15, -0.1) is 10.2 Å². The number of hydrogen-bond acceptors (Lipinski definition) is 11. The summed E-state index contributed by atoms with van der Waals surface area (Å²) in [5.41, 5.74) is 0.246. The van der Waals surface area contributed by atoms with Crippen molar-refractivity contribution in [1.82, 2.24) is 30.4 Å². The number of carbonyl (C=O) groups is 3. The largest absolute Gasteiger partial charge is 0.475 e. The number of halogens is 4. The summed E-state index contributed by atoms with van der Waals surface area (Å²) in [6.45, 7) is 0. The van der Waals surface area contributed by atoms with Crippen molar-refractivity contribution in [3.8, 4) is 23.0 Å². The smallest absolute Gasteiger partial charge is 0.373 e. The van der Waals surface area contributed by atoms with E-state index in [-0.39, 0.29) is 40.6 Å². The molecule has 0 saturated carbocycles. The van der Waals surface area contributed by atoms with Crippen LogP contribution in [0.1, 0.15) is 22.7 Å². The van der Waals surface area contributed by atoms with Crippen molar-refractivity contribution in [2.45, 2.75) is 6.29 Å². The maximum Gasteiger partial charge on any atom is 0.373 e. The highest BCUT2D eigenvalue weighted by molar-refractivity contribution is 5.99. The minimum absolute atomic E-state index is 0.116. The van der Waals surface area contributed by atoms with E-state index < -0.39 is 64.9 Å². The molecule has 0 unspecified atom stereocenters. The summed E-state index contributed by atoms with van der Waals surface area (Å²) < 4.78 is 69.4. The van der Waals surface area contributed by atoms with Gasteiger partial charge in [0.1, 0.15) is 11.5 Å². The van der Waals surface area contributed by atoms with Crippen molar-refractivity contribution < 1.29 is 56.7 Å². The predicted molar refractivity (Wildman–Crippen MR) is 151 cm³/mol. The molecule has 48 heavy (non-hydrogen) atoms. The minimum Gasteiger partial charge on any atom is -0.475 e. The number of hydrogen-bond donors (Lipinski definition) is 9. The Morgan fingerprint density at radius 1 is 0.646 bits per heavy atom. The number of H-pyrrole nitrogens is 2. The molecule has 22 heteroatoms. The molecule has 0 aliphatic rings. The average molecular weight is 674 g/mol. The molecular formula is C26H18F4N10O8. The second-order valence-corrected chi connectivity index (χ2v) is 9.06. The maximum atomic E-state index is 14.8. The number of rotatable bonds is 10. The number of carbonyl (C=O) groups excluding carboxylic acids is 2. The van der Waals surface area contributed by atoms with Gasteiger partial charge in [-0.25, -0.2) is 14.4 Å². The van der Waals surface area contributed by atoms with Gasteiger partial charge in [0.15, 0.2) is 5.82 Å². The first kappa shape index (κ1) is 32.6. The number of nitrogens with zero attached hydrogens (tertiary/aromatic N) is 4. The number of carboxylic acids is 1. The van der Waals surface area contributed by atoms with Crippen LogP contribution in [-0.2, 0) is 0 Å². The Labute approximate surface area is 262 Å². The fourth-order valence-corrected chi connectivity index (χ4v) is 3.61. The highest BCUT2D eigenvalue weighted by Gasteiger charge is 2.29. The van der Waals surface area contributed by atoms with Crippen molar-refractivity contribution in [1.29, 1.82) is 0 Å². The molecule has 0 spiro atoms. The molecule has 18 nitrogen and oxygen atoms in total. The first-order chi connectivity index (χ1) is 22.9. The molecule has 0 aliphatic carbocycles. The highest BCUT2D eigenvalue weighted by Crippen LogP contribution is 2.39. The molecule has 0 aliphatic heterocycles. The lowest BCUT2D eigenvalue weighted by molar-refractivity contribution is -0.0491. The second kappa shape index (κ2) is 13.7. The zero-order valence-corrected chi connectivity index (χ0v) is 23.4. The first-order valence-electron chi connectivity index (χ1n) is 12.9. The summed E-state index contributed by atoms with van der Waals surface area (Å²) in [4.78, 5) is 42.1. The lowest BCUT2D eigenvalue weighted by Gasteiger charge is -2.14. The molecule has 248 valence electrons. The molecule has 0 fully saturated rings. The number of ether oxygens (including phenoxy) is 2. The number of aromatic nitrogens is 6. The Kier molecular flexibility index (Phi) is 9.28. The highest BCUT2D eigenvalue weighted by atomic mass is 19.2. The summed E-state index contributed by atoms with van der Waals surface area (Å²) in [6.07, 6.45) is -1.94. The van der Waals surface area contributed by atoms with Crippen LogP contribution in [0.4, 0.5) is 50.4 Å². The Morgan fingerprint density at radius 3 is 1.44 bits per heavy atom. The Bertz CT molecular complexity index is 1960. The SMILES string of the molecule is O=C(Nc1ccc(Oc2c(F)c(F)c(Oc3ccc(NC(=O)Nc4n[nH]c(C(O)O)n4)cc3)c(F)c2F)cc1)Nc1n[nH]c(C(=O)O)n1. The molecule has 4 amide bonds. The first-order valence-corrected chi connectivity index (χ1v) is 12.9. The van der Waals surface area contributed by atoms with Gasteiger partial charge in [0, 0.05) is 11.4 Å². The number of aliphatic hydroxyl groups excluding tert-OH is 1. The van der Waals surface area contributed by atoms with E-state index in [4.69, 9.17) is 24.8 Å². The minimum atomic E-state index is -1.94. The van der Waals surface area contributed by atoms with Crippen LogP contribution in [0, 0.1) is 23.3 Å². The third-order valence-corrected chi connectivity index (χ3v) is 5.73. The number of amides is 4. The van der Waals surface area contributed by atoms with Crippen molar-refractivity contribution in [2.75, 3.05) is 21.3 Å². The van der Waals surface area contributed by atoms with Crippen molar-refractivity contribution in [3.05, 3.63) is 83.4 Å². The van der Waals surface area contributed by atoms with Gasteiger partial charge in [0.2, 0.25) is 52.8 Å². The monoisotopic (exact) mass is 674 g/mol. The van der Waals surface area contributed by atoms with Crippen LogP contribution in [-0.4, -0.2) is 63.7 Å². The van der Waals surface area contributed by atoms with Crippen LogP contribution in [0.25, 0.3) is 0 Å². The lowest BCUT2D eigenvalue weighted by Crippen LogP contribution is -2.20. The number of aromatic carboxylic acids is 1. The molecule has 2 heterocycles. The standard InChI is InChI=1S/C26H18F4N10O8/c27-13-15(29)18(48-12-7-3-10(4-8-12)32-26(46)36-24-34-20(22(43)44)38-40-24)16(30)14(28)17(13)47-11-5-1-9(2-6-11)31-25(45)35-23-33-19(21(41)42)37-39-23/h1-8,21,41-42H,(H,43,44)(H3,31,33,35,37,39,45)(H3,32,34,36,38,40,46). The van der Waals surface area contributed by atoms with Gasteiger partial charge in [0.05, 0.1) is 0 Å². The number of carboxylic acid groups (broad SMARTS) is 1. The van der Waals surface area contributed by atoms with E-state index in [0.717, 1.165) is 24.3 Å². The topological polar surface area (TPSA) is 262 Å². The molecular weight excluding hydrogens is 656 g/mol. The molecule has 0 radical (unpaired) electrons. The number of nitrogens with one attached hydrogen (secondary N) is 6. The normalized spacial score (nSPS) is 10.8. The molecule has 3 aromatic carbocycles. The third-order valence-electron chi connectivity index (χ3n) is 5.73. The fourth-order valence-electron chi connectivity index (χ4n) is 3.61. The number of benzene rings is 3. The van der Waals surface area contributed by atoms with Gasteiger partial charge < -0.3 is 35.4 Å². The van der Waals surface area contributed by atoms with Gasteiger partial charge in [-0.05, 0) is 48.5 Å². The summed E-state index contributed by atoms with van der Waals surface area (Å²) in [5.74, 6) is -14.0. The zero-order valence-electron chi connectivity index (χ0n) is 23.4. The van der Waals surface area contributed by atoms with E-state index in [1.807, 2.05) is 0 Å². The van der Waals surface area contributed by atoms with E-state index in [0.29, 0.717) is 0 Å². The van der Waals surface area contributed by atoms with E-state index in [1.54, 1.807) is 0 Å². The van der Waals surface area contributed by atoms with Crippen LogP contribution in [0.5, 0.6) is 23.0 Å². The lowest BCUT2D eigenvalue weighted by atomic mass is 10.2. The molecule has 0 atom stereocenters. The number of aromatic amines is 2. The van der Waals surface area contributed by atoms with Crippen LogP contribution in [0.15, 0.2) is 48.5 Å². The van der Waals surface area contributed by atoms with Crippen LogP contribution < -0.4 is 30.7 Å². The molecule has 9 N–H and O–H groups in total. The van der Waals surface area contributed by atoms with E-state index in [1.165, 1.54) is 24.3 Å². The molecule has 5 rings (SSSR count). The number of anilines is 4. The fraction of sp³-hybridized carbons (Fsp3) is 0.0385. The molecule has 2 aromatic heterocycles. The Balaban J connectivity index is 1.20.